The molecule has 3 nitrogen and oxygen atoms in total. The Balaban J connectivity index is 1.98. The van der Waals surface area contributed by atoms with E-state index in [2.05, 4.69) is 26.9 Å². The standard InChI is InChI=1S/C17H17BrClNO2S/c18-15-8-7-14(23-15)16(12-5-1-2-6-13(12)19)20-9-3-4-11(10-20)17(21)22/h1-2,5-8,11,16H,3-4,9-10H2,(H,21,22). The van der Waals surface area contributed by atoms with Gasteiger partial charge in [-0.25, -0.2) is 0 Å². The molecule has 0 radical (unpaired) electrons. The average molecular weight is 415 g/mol. The molecule has 1 N–H and O–H groups in total. The van der Waals surface area contributed by atoms with Crippen LogP contribution < -0.4 is 0 Å². The first-order chi connectivity index (χ1) is 11.1. The third-order valence-electron chi connectivity index (χ3n) is 4.23. The summed E-state index contributed by atoms with van der Waals surface area (Å²) in [7, 11) is 0. The van der Waals surface area contributed by atoms with Gasteiger partial charge in [-0.15, -0.1) is 11.3 Å². The second-order valence-corrected chi connectivity index (χ2v) is 8.64. The quantitative estimate of drug-likeness (QED) is 0.761. The summed E-state index contributed by atoms with van der Waals surface area (Å²) in [5.74, 6) is -1.02. The Labute approximate surface area is 153 Å². The van der Waals surface area contributed by atoms with Gasteiger partial charge in [-0.05, 0) is 59.1 Å². The fourth-order valence-electron chi connectivity index (χ4n) is 3.14. The van der Waals surface area contributed by atoms with E-state index in [4.69, 9.17) is 11.6 Å². The molecule has 2 unspecified atom stereocenters. The van der Waals surface area contributed by atoms with Gasteiger partial charge in [-0.1, -0.05) is 29.8 Å². The number of carbonyl (C=O) groups is 1. The zero-order chi connectivity index (χ0) is 16.4. The second-order valence-electron chi connectivity index (χ2n) is 5.74. The van der Waals surface area contributed by atoms with Crippen molar-refractivity contribution in [2.45, 2.75) is 18.9 Å². The zero-order valence-electron chi connectivity index (χ0n) is 12.4. The first-order valence-electron chi connectivity index (χ1n) is 7.53. The van der Waals surface area contributed by atoms with Gasteiger partial charge in [0.05, 0.1) is 15.7 Å². The molecular formula is C17H17BrClNO2S. The van der Waals surface area contributed by atoms with E-state index in [-0.39, 0.29) is 12.0 Å². The number of halogens is 2. The summed E-state index contributed by atoms with van der Waals surface area (Å²) >= 11 is 11.6. The summed E-state index contributed by atoms with van der Waals surface area (Å²) in [6.45, 7) is 1.44. The number of hydrogen-bond acceptors (Lipinski definition) is 3. The topological polar surface area (TPSA) is 40.5 Å². The minimum Gasteiger partial charge on any atom is -0.481 e. The van der Waals surface area contributed by atoms with Crippen LogP contribution in [0.2, 0.25) is 5.02 Å². The fourth-order valence-corrected chi connectivity index (χ4v) is 4.96. The number of benzene rings is 1. The van der Waals surface area contributed by atoms with Gasteiger partial charge < -0.3 is 5.11 Å². The lowest BCUT2D eigenvalue weighted by atomic mass is 9.94. The van der Waals surface area contributed by atoms with Crippen LogP contribution in [0.5, 0.6) is 0 Å². The normalized spacial score (nSPS) is 20.3. The number of aliphatic carboxylic acids is 1. The minimum atomic E-state index is -0.708. The Hall–Kier alpha value is -0.880. The van der Waals surface area contributed by atoms with Crippen LogP contribution in [0.3, 0.4) is 0 Å². The number of carboxylic acid groups (broad SMARTS) is 1. The first-order valence-corrected chi connectivity index (χ1v) is 9.51. The largest absolute Gasteiger partial charge is 0.481 e. The van der Waals surface area contributed by atoms with Crippen LogP contribution in [0.1, 0.15) is 29.3 Å². The zero-order valence-corrected chi connectivity index (χ0v) is 15.6. The minimum absolute atomic E-state index is 0.00199. The Kier molecular flexibility index (Phi) is 5.42. The molecule has 1 aliphatic heterocycles. The smallest absolute Gasteiger partial charge is 0.307 e. The molecule has 0 amide bonds. The van der Waals surface area contributed by atoms with Crippen molar-refractivity contribution in [1.82, 2.24) is 4.90 Å². The molecule has 0 spiro atoms. The van der Waals surface area contributed by atoms with E-state index in [1.807, 2.05) is 30.3 Å². The fraction of sp³-hybridized carbons (Fsp3) is 0.353. The highest BCUT2D eigenvalue weighted by molar-refractivity contribution is 9.11. The predicted octanol–water partition coefficient (Wildman–Crippen LogP) is 5.05. The molecule has 0 saturated carbocycles. The maximum absolute atomic E-state index is 11.4. The second kappa shape index (κ2) is 7.34. The van der Waals surface area contributed by atoms with Crippen molar-refractivity contribution in [3.8, 4) is 0 Å². The van der Waals surface area contributed by atoms with Crippen LogP contribution in [0, 0.1) is 5.92 Å². The van der Waals surface area contributed by atoms with Crippen molar-refractivity contribution in [1.29, 1.82) is 0 Å². The van der Waals surface area contributed by atoms with Crippen LogP contribution in [0.15, 0.2) is 40.2 Å². The molecule has 122 valence electrons. The molecule has 1 aliphatic rings. The highest BCUT2D eigenvalue weighted by Gasteiger charge is 2.32. The van der Waals surface area contributed by atoms with Crippen molar-refractivity contribution >= 4 is 44.8 Å². The van der Waals surface area contributed by atoms with Gasteiger partial charge in [0, 0.05) is 16.4 Å². The number of rotatable bonds is 4. The maximum Gasteiger partial charge on any atom is 0.307 e. The summed E-state index contributed by atoms with van der Waals surface area (Å²) in [5, 5.41) is 10.1. The molecule has 1 fully saturated rings. The molecular weight excluding hydrogens is 398 g/mol. The van der Waals surface area contributed by atoms with Crippen LogP contribution in [0.4, 0.5) is 0 Å². The molecule has 1 saturated heterocycles. The van der Waals surface area contributed by atoms with E-state index in [1.165, 1.54) is 4.88 Å². The summed E-state index contributed by atoms with van der Waals surface area (Å²) < 4.78 is 1.07. The van der Waals surface area contributed by atoms with Crippen LogP contribution >= 0.6 is 38.9 Å². The van der Waals surface area contributed by atoms with Crippen LogP contribution in [-0.4, -0.2) is 29.1 Å². The average Bonchev–Trinajstić information content (AvgIpc) is 2.96. The summed E-state index contributed by atoms with van der Waals surface area (Å²) in [5.41, 5.74) is 1.04. The van der Waals surface area contributed by atoms with E-state index < -0.39 is 5.97 Å². The number of thiophene rings is 1. The van der Waals surface area contributed by atoms with Crippen molar-refractivity contribution in [2.75, 3.05) is 13.1 Å². The lowest BCUT2D eigenvalue weighted by Crippen LogP contribution is -2.41. The molecule has 23 heavy (non-hydrogen) atoms. The molecule has 6 heteroatoms. The van der Waals surface area contributed by atoms with Crippen molar-refractivity contribution in [3.63, 3.8) is 0 Å². The van der Waals surface area contributed by atoms with Crippen molar-refractivity contribution in [2.24, 2.45) is 5.92 Å². The van der Waals surface area contributed by atoms with Gasteiger partial charge in [0.25, 0.3) is 0 Å². The molecule has 0 aliphatic carbocycles. The maximum atomic E-state index is 11.4. The van der Waals surface area contributed by atoms with Gasteiger partial charge in [0.1, 0.15) is 0 Å². The SMILES string of the molecule is O=C(O)C1CCCN(C(c2ccc(Br)s2)c2ccccc2Cl)C1. The van der Waals surface area contributed by atoms with E-state index in [0.717, 1.165) is 33.8 Å². The van der Waals surface area contributed by atoms with E-state index in [9.17, 15) is 9.90 Å². The molecule has 2 atom stereocenters. The summed E-state index contributed by atoms with van der Waals surface area (Å²) in [4.78, 5) is 14.8. The third kappa shape index (κ3) is 3.79. The van der Waals surface area contributed by atoms with E-state index >= 15 is 0 Å². The molecule has 2 heterocycles. The Morgan fingerprint density at radius 3 is 2.78 bits per heavy atom. The Bertz CT molecular complexity index is 705. The van der Waals surface area contributed by atoms with Gasteiger partial charge in [0.2, 0.25) is 0 Å². The first kappa shape index (κ1) is 17.0. The number of likely N-dealkylation sites (tertiary alicyclic amines) is 1. The summed E-state index contributed by atoms with van der Waals surface area (Å²) in [6.07, 6.45) is 1.64. The lowest BCUT2D eigenvalue weighted by molar-refractivity contribution is -0.143. The van der Waals surface area contributed by atoms with Gasteiger partial charge in [-0.2, -0.15) is 0 Å². The highest BCUT2D eigenvalue weighted by Crippen LogP contribution is 2.39. The molecule has 0 bridgehead atoms. The lowest BCUT2D eigenvalue weighted by Gasteiger charge is -2.37. The molecule has 1 aromatic carbocycles. The van der Waals surface area contributed by atoms with E-state index in [1.54, 1.807) is 11.3 Å². The Morgan fingerprint density at radius 2 is 2.13 bits per heavy atom. The Morgan fingerprint density at radius 1 is 1.35 bits per heavy atom. The monoisotopic (exact) mass is 413 g/mol. The number of hydrogen-bond donors (Lipinski definition) is 1. The van der Waals surface area contributed by atoms with Gasteiger partial charge >= 0.3 is 5.97 Å². The third-order valence-corrected chi connectivity index (χ3v) is 6.25. The van der Waals surface area contributed by atoms with E-state index in [0.29, 0.717) is 6.54 Å². The highest BCUT2D eigenvalue weighted by atomic mass is 79.9. The number of piperidine rings is 1. The number of nitrogens with zero attached hydrogens (tertiary/aromatic N) is 1. The number of carboxylic acids is 1. The van der Waals surface area contributed by atoms with Crippen LogP contribution in [-0.2, 0) is 4.79 Å². The molecule has 1 aromatic heterocycles. The summed E-state index contributed by atoms with van der Waals surface area (Å²) in [6, 6.07) is 12.0. The van der Waals surface area contributed by atoms with Crippen molar-refractivity contribution in [3.05, 3.63) is 55.6 Å². The van der Waals surface area contributed by atoms with Crippen LogP contribution in [0.25, 0.3) is 0 Å². The van der Waals surface area contributed by atoms with Gasteiger partial charge in [0.15, 0.2) is 0 Å². The predicted molar refractivity (Wildman–Crippen MR) is 97.2 cm³/mol. The van der Waals surface area contributed by atoms with Crippen molar-refractivity contribution < 1.29 is 9.90 Å². The van der Waals surface area contributed by atoms with Gasteiger partial charge in [-0.3, -0.25) is 9.69 Å². The molecule has 3 rings (SSSR count). The molecule has 2 aromatic rings.